The van der Waals surface area contributed by atoms with Crippen molar-refractivity contribution in [2.24, 2.45) is 27.0 Å². The van der Waals surface area contributed by atoms with E-state index in [4.69, 9.17) is 58.4 Å². The molecule has 9 aliphatic rings. The number of fused-ring (bicyclic) bond motifs is 9. The van der Waals surface area contributed by atoms with Crippen LogP contribution in [-0.4, -0.2) is 198 Å². The number of benzene rings is 3. The molecule has 7 N–H and O–H groups in total. The highest BCUT2D eigenvalue weighted by atomic mass is 79.9. The van der Waals surface area contributed by atoms with E-state index < -0.39 is 40.8 Å². The van der Waals surface area contributed by atoms with Crippen molar-refractivity contribution in [1.29, 1.82) is 0 Å². The third-order valence-electron chi connectivity index (χ3n) is 26.0. The number of hydrogen-bond donors (Lipinski definition) is 6. The number of carboxylic acids is 1. The SMILES string of the molecule is CC(Cl)c1cccnn1.CC(Cl)c1cccnn1.CC(O)c1cccnn1.COC1CCC2(CC1)Cc1ccc(Br)cc1C21N=C(N)N(C(C)c2cccnn2)C1=O.COC1CCC2(CC1)Cc1ccc(Br)cc1C21NC(=O)N(C(C)c2cccnn2)C1=O.COC1CCC2(CC1)Cc1ccc(Br)cc1C21NC(=O)NC1=O.CON(C)C(=O)c1cccnn1.O=C(O)c1cccnn1. The Hall–Kier alpha value is -11.2. The number of alkyl halides is 2. The zero-order chi connectivity index (χ0) is 95.6. The first-order valence-corrected chi connectivity index (χ1v) is 46.5. The number of nitrogens with one attached hydrogen (secondary N) is 3. The van der Waals surface area contributed by atoms with Gasteiger partial charge in [0.1, 0.15) is 0 Å². The van der Waals surface area contributed by atoms with Gasteiger partial charge in [-0.1, -0.05) is 66.0 Å². The van der Waals surface area contributed by atoms with E-state index in [0.29, 0.717) is 17.1 Å². The van der Waals surface area contributed by atoms with Gasteiger partial charge in [0.25, 0.3) is 23.6 Å². The first-order chi connectivity index (χ1) is 63.8. The summed E-state index contributed by atoms with van der Waals surface area (Å²) in [5.74, 6) is -1.58. The highest BCUT2D eigenvalue weighted by Crippen LogP contribution is 2.65. The van der Waals surface area contributed by atoms with E-state index in [1.807, 2.05) is 94.4 Å². The maximum absolute atomic E-state index is 14.3. The molecule has 3 aromatic carbocycles. The van der Waals surface area contributed by atoms with E-state index in [0.717, 1.165) is 154 Å². The van der Waals surface area contributed by atoms with E-state index in [-0.39, 0.29) is 98.4 Å². The number of ether oxygens (including phenoxy) is 3. The fourth-order valence-electron chi connectivity index (χ4n) is 19.2. The van der Waals surface area contributed by atoms with Gasteiger partial charge in [0.2, 0.25) is 0 Å². The van der Waals surface area contributed by atoms with Gasteiger partial charge in [0, 0.05) is 101 Å². The number of hydroxylamine groups is 2. The van der Waals surface area contributed by atoms with Crippen LogP contribution in [0, 0.1) is 16.2 Å². The number of methoxy groups -OCH3 is 3. The maximum atomic E-state index is 14.3. The number of aliphatic hydroxyl groups excluding tert-OH is 1. The number of rotatable bonds is 13. The molecule has 10 heterocycles. The number of aliphatic imine (C=N–C) groups is 1. The second kappa shape index (κ2) is 44.8. The number of aliphatic hydroxyl groups is 1. The predicted molar refractivity (Wildman–Crippen MR) is 500 cm³/mol. The highest BCUT2D eigenvalue weighted by Gasteiger charge is 2.71. The summed E-state index contributed by atoms with van der Waals surface area (Å²) in [5.41, 5.74) is 12.6. The maximum Gasteiger partial charge on any atom is 0.356 e. The Labute approximate surface area is 804 Å². The largest absolute Gasteiger partial charge is 0.476 e. The summed E-state index contributed by atoms with van der Waals surface area (Å²) in [5, 5.41) is 79.2. The van der Waals surface area contributed by atoms with E-state index in [1.54, 1.807) is 101 Å². The number of carboxylic acid groups (broad SMARTS) is 1. The predicted octanol–water partition coefficient (Wildman–Crippen LogP) is 14.3. The molecule has 40 heteroatoms. The molecule has 10 aromatic rings. The molecule has 8 unspecified atom stereocenters. The topological polar surface area (TPSA) is 462 Å². The number of aromatic nitrogens is 14. The summed E-state index contributed by atoms with van der Waals surface area (Å²) in [7, 11) is 8.17. The van der Waals surface area contributed by atoms with Crippen molar-refractivity contribution in [2.45, 2.75) is 195 Å². The zero-order valence-corrected chi connectivity index (χ0v) is 81.2. The van der Waals surface area contributed by atoms with Crippen LogP contribution in [0.2, 0.25) is 0 Å². The van der Waals surface area contributed by atoms with Crippen molar-refractivity contribution in [3.05, 3.63) is 270 Å². The molecule has 0 bridgehead atoms. The summed E-state index contributed by atoms with van der Waals surface area (Å²) in [6, 6.07) is 40.9. The lowest BCUT2D eigenvalue weighted by molar-refractivity contribution is -0.140. The number of aromatic carboxylic acids is 1. The summed E-state index contributed by atoms with van der Waals surface area (Å²) in [6.07, 6.45) is 24.0. The number of guanidine groups is 1. The second-order valence-corrected chi connectivity index (χ2v) is 37.5. The Morgan fingerprint density at radius 2 is 0.835 bits per heavy atom. The highest BCUT2D eigenvalue weighted by molar-refractivity contribution is 9.11. The Kier molecular flexibility index (Phi) is 33.9. The number of nitrogens with two attached hydrogens (primary N) is 1. The van der Waals surface area contributed by atoms with Gasteiger partial charge in [0.15, 0.2) is 34.0 Å². The monoisotopic (exact) mass is 2040 g/mol. The number of carbonyl (C=O) groups is 7. The van der Waals surface area contributed by atoms with Gasteiger partial charge in [-0.15, -0.1) is 33.4 Å². The van der Waals surface area contributed by atoms with Gasteiger partial charge in [-0.2, -0.15) is 61.2 Å². The fraction of sp³-hybridized carbons (Fsp3) is 0.419. The molecule has 2 saturated heterocycles. The average Bonchev–Trinajstić information content (AvgIpc) is 1.53. The van der Waals surface area contributed by atoms with Crippen molar-refractivity contribution in [1.82, 2.24) is 102 Å². The van der Waals surface area contributed by atoms with Gasteiger partial charge < -0.3 is 40.8 Å². The molecule has 5 fully saturated rings. The van der Waals surface area contributed by atoms with E-state index in [2.05, 4.69) is 164 Å². The van der Waals surface area contributed by atoms with E-state index >= 15 is 0 Å². The lowest BCUT2D eigenvalue weighted by Gasteiger charge is -2.46. The molecular formula is C93H105Br3Cl2N22O13. The van der Waals surface area contributed by atoms with Crippen LogP contribution in [0.3, 0.4) is 0 Å². The lowest BCUT2D eigenvalue weighted by Crippen LogP contribution is -2.56. The summed E-state index contributed by atoms with van der Waals surface area (Å²) < 4.78 is 19.5. The zero-order valence-electron chi connectivity index (χ0n) is 74.9. The third kappa shape index (κ3) is 21.6. The number of carbonyl (C=O) groups excluding carboxylic acids is 6. The molecule has 8 atom stereocenters. The van der Waals surface area contributed by atoms with Gasteiger partial charge in [-0.3, -0.25) is 39.1 Å². The number of urea groups is 2. The molecule has 7 aromatic heterocycles. The minimum atomic E-state index is -1.07. The number of hydrogen-bond acceptors (Lipinski definition) is 28. The standard InChI is InChI=1S/C23H26BrN5O2.C23H25BrN4O3.C17H19BrN2O3.C7H9N3O2.2C6H7ClN2.C6H8N2O.C5H4N2O2/c1-14(19-4-3-11-26-28-19)29-20(30)23(27-21(29)25)18-12-16(24)6-5-15(18)13-22(23)9-7-17(31-2)8-10-22;1-14(19-4-3-11-25-27-19)28-20(29)23(26-21(28)30)18-12-16(24)6-5-15(18)13-22(23)9-7-17(31-2)8-10-22;1-23-12-4-6-16(7-5-12)9-10-2-3-11(18)8-13(10)17(16)14(21)19-15(22)20-17;1-10(12-2)7(11)6-4-3-5-8-9-6;2*1-5(7)6-3-2-4-8-9-6;1-5(9)6-3-2-4-7-8-6;8-5(9)4-2-1-3-6-7-4/h3-6,11-12,14,17H,7-10,13H2,1-2H3,(H2,25,27);3-6,11-12,14,17H,7-10,13H2,1-2H3,(H,26,30);2-3,8,12H,4-7,9H2,1H3,(H2,19,20,21,22);3-5H,1-2H3;2*2-5H,1H3;2-5,9H,1H3;1-3H,(H,8,9). The fourth-order valence-corrected chi connectivity index (χ4v) is 20.5. The van der Waals surface area contributed by atoms with E-state index in [1.165, 1.54) is 49.1 Å². The van der Waals surface area contributed by atoms with Gasteiger partial charge in [-0.05, 0) is 286 Å². The number of imide groups is 2. The summed E-state index contributed by atoms with van der Waals surface area (Å²) in [4.78, 5) is 101. The smallest absolute Gasteiger partial charge is 0.356 e. The molecule has 8 amide bonds. The number of nitrogens with zero attached hydrogens (tertiary/aromatic N) is 18. The Morgan fingerprint density at radius 3 is 1.18 bits per heavy atom. The molecule has 6 aliphatic carbocycles. The molecule has 0 radical (unpaired) electrons. The summed E-state index contributed by atoms with van der Waals surface area (Å²) >= 11 is 22.1. The Bertz CT molecular complexity index is 5550. The van der Waals surface area contributed by atoms with Crippen LogP contribution < -0.4 is 21.7 Å². The van der Waals surface area contributed by atoms with Crippen LogP contribution in [-0.2, 0) is 69.3 Å². The third-order valence-corrected chi connectivity index (χ3v) is 27.9. The average molecular weight is 2050 g/mol. The van der Waals surface area contributed by atoms with Crippen LogP contribution >= 0.6 is 71.0 Å². The van der Waals surface area contributed by atoms with E-state index in [9.17, 15) is 33.6 Å². The molecule has 35 nitrogen and oxygen atoms in total. The van der Waals surface area contributed by atoms with Crippen molar-refractivity contribution in [2.75, 3.05) is 35.5 Å². The summed E-state index contributed by atoms with van der Waals surface area (Å²) in [6.45, 7) is 9.14. The van der Waals surface area contributed by atoms with Crippen LogP contribution in [0.5, 0.6) is 0 Å². The molecule has 19 rings (SSSR count). The Morgan fingerprint density at radius 1 is 0.474 bits per heavy atom. The Balaban J connectivity index is 0.000000145. The molecule has 6 spiro atoms. The van der Waals surface area contributed by atoms with Crippen LogP contribution in [0.4, 0.5) is 9.59 Å². The van der Waals surface area contributed by atoms with Crippen molar-refractivity contribution < 1.29 is 62.8 Å². The molecule has 3 saturated carbocycles. The van der Waals surface area contributed by atoms with Crippen molar-refractivity contribution in [3.63, 3.8) is 0 Å². The van der Waals surface area contributed by atoms with Gasteiger partial charge >= 0.3 is 18.0 Å². The first-order valence-electron chi connectivity index (χ1n) is 43.2. The minimum absolute atomic E-state index is 0.0301. The van der Waals surface area contributed by atoms with Gasteiger partial charge in [0.05, 0.1) is 82.8 Å². The number of amides is 8. The van der Waals surface area contributed by atoms with Crippen LogP contribution in [0.1, 0.15) is 223 Å². The molecular weight excluding hydrogens is 1940 g/mol. The quantitative estimate of drug-likeness (QED) is 0.0355. The molecule has 700 valence electrons. The normalized spacial score (nSPS) is 24.6. The minimum Gasteiger partial charge on any atom is -0.476 e. The van der Waals surface area contributed by atoms with Gasteiger partial charge in [-0.25, -0.2) is 24.4 Å². The first kappa shape index (κ1) is 101. The van der Waals surface area contributed by atoms with Crippen LogP contribution in [0.15, 0.2) is 201 Å². The lowest BCUT2D eigenvalue weighted by atomic mass is 9.61. The molecule has 133 heavy (non-hydrogen) atoms. The van der Waals surface area contributed by atoms with Crippen molar-refractivity contribution >= 4 is 119 Å². The molecule has 3 aliphatic heterocycles. The van der Waals surface area contributed by atoms with Crippen molar-refractivity contribution in [3.8, 4) is 0 Å². The number of halogens is 5. The van der Waals surface area contributed by atoms with Crippen LogP contribution in [0.25, 0.3) is 0 Å². The second-order valence-electron chi connectivity index (χ2n) is 33.5.